The van der Waals surface area contributed by atoms with Crippen LogP contribution in [-0.4, -0.2) is 87.1 Å². The number of rotatable bonds is 3. The van der Waals surface area contributed by atoms with Crippen molar-refractivity contribution in [3.05, 3.63) is 53.6 Å². The predicted molar refractivity (Wildman–Crippen MR) is 137 cm³/mol. The summed E-state index contributed by atoms with van der Waals surface area (Å²) in [6.45, 7) is 1.25. The molecule has 7 rings (SSSR count). The average molecular weight is 511 g/mol. The van der Waals surface area contributed by atoms with Crippen LogP contribution in [0, 0.1) is 0 Å². The van der Waals surface area contributed by atoms with Gasteiger partial charge in [-0.25, -0.2) is 0 Å². The highest BCUT2D eigenvalue weighted by Gasteiger charge is 2.37. The van der Waals surface area contributed by atoms with Crippen molar-refractivity contribution >= 4 is 17.7 Å². The number of carbonyl (C=O) groups excluding carboxylic acids is 3. The molecule has 2 atom stereocenters. The maximum atomic E-state index is 12.9. The summed E-state index contributed by atoms with van der Waals surface area (Å²) in [6.07, 6.45) is 0.365. The van der Waals surface area contributed by atoms with Gasteiger partial charge in [0.25, 0.3) is 5.91 Å². The number of methoxy groups -OCH3 is 1. The minimum Gasteiger partial charge on any atom is -0.493 e. The zero-order valence-electron chi connectivity index (χ0n) is 21.5. The summed E-state index contributed by atoms with van der Waals surface area (Å²) in [5.41, 5.74) is 1.80. The van der Waals surface area contributed by atoms with E-state index in [-0.39, 0.29) is 49.4 Å². The van der Waals surface area contributed by atoms with Gasteiger partial charge in [-0.15, -0.1) is 0 Å². The molecular formula is C27H34N4O6. The molecule has 0 saturated carbocycles. The normalized spacial score (nSPS) is 20.5. The summed E-state index contributed by atoms with van der Waals surface area (Å²) in [5, 5.41) is 5.92. The summed E-state index contributed by atoms with van der Waals surface area (Å²) in [6, 6.07) is 12.5. The maximum Gasteiger partial charge on any atom is 0.258 e. The van der Waals surface area contributed by atoms with E-state index in [1.54, 1.807) is 11.0 Å². The van der Waals surface area contributed by atoms with E-state index >= 15 is 0 Å². The number of amides is 3. The van der Waals surface area contributed by atoms with Crippen LogP contribution >= 0.6 is 0 Å². The van der Waals surface area contributed by atoms with Crippen LogP contribution in [-0.2, 0) is 27.3 Å². The Balaban J connectivity index is 1.55. The second-order valence-corrected chi connectivity index (χ2v) is 9.56. The van der Waals surface area contributed by atoms with Crippen LogP contribution < -0.4 is 24.8 Å². The number of carbonyl (C=O) groups is 3. The Morgan fingerprint density at radius 3 is 2.54 bits per heavy atom. The van der Waals surface area contributed by atoms with Crippen LogP contribution in [0.15, 0.2) is 42.5 Å². The molecule has 0 unspecified atom stereocenters. The number of nitrogens with one attached hydrogen (secondary N) is 2. The van der Waals surface area contributed by atoms with E-state index in [1.165, 1.54) is 7.11 Å². The van der Waals surface area contributed by atoms with Crippen LogP contribution in [0.25, 0.3) is 0 Å². The molecule has 1 fully saturated rings. The lowest BCUT2D eigenvalue weighted by atomic mass is 10.1. The Morgan fingerprint density at radius 1 is 1.05 bits per heavy atom. The second kappa shape index (κ2) is 12.0. The summed E-state index contributed by atoms with van der Waals surface area (Å²) in [5.74, 6) is 1.19. The second-order valence-electron chi connectivity index (χ2n) is 9.56. The van der Waals surface area contributed by atoms with Crippen LogP contribution in [0.2, 0.25) is 0 Å². The molecule has 10 heteroatoms. The molecule has 5 aliphatic rings. The topological polar surface area (TPSA) is 109 Å². The number of aryl methyl sites for hydroxylation is 1. The Labute approximate surface area is 216 Å². The lowest BCUT2D eigenvalue weighted by molar-refractivity contribution is -0.131. The van der Waals surface area contributed by atoms with E-state index in [2.05, 4.69) is 10.6 Å². The molecule has 10 nitrogen and oxygen atoms in total. The van der Waals surface area contributed by atoms with Gasteiger partial charge in [-0.3, -0.25) is 14.4 Å². The van der Waals surface area contributed by atoms with E-state index in [9.17, 15) is 14.4 Å². The van der Waals surface area contributed by atoms with Crippen molar-refractivity contribution in [2.24, 2.45) is 0 Å². The largest absolute Gasteiger partial charge is 0.493 e. The Hall–Kier alpha value is -3.79. The fourth-order valence-electron chi connectivity index (χ4n) is 4.39. The number of likely N-dealkylation sites (N-methyl/N-ethyl adjacent to an activating group) is 1. The zero-order valence-corrected chi connectivity index (χ0v) is 21.5. The van der Waals surface area contributed by atoms with Crippen molar-refractivity contribution in [2.45, 2.75) is 31.5 Å². The fourth-order valence-corrected chi connectivity index (χ4v) is 4.39. The first-order valence-electron chi connectivity index (χ1n) is 12.3. The van der Waals surface area contributed by atoms with Crippen LogP contribution in [0.1, 0.15) is 17.5 Å². The van der Waals surface area contributed by atoms with Gasteiger partial charge in [0.1, 0.15) is 11.9 Å². The van der Waals surface area contributed by atoms with E-state index in [0.717, 1.165) is 11.1 Å². The van der Waals surface area contributed by atoms with Gasteiger partial charge in [-0.05, 0) is 55.9 Å². The molecule has 2 aromatic rings. The van der Waals surface area contributed by atoms with Gasteiger partial charge in [0.2, 0.25) is 11.8 Å². The molecular weight excluding hydrogens is 476 g/mol. The molecule has 5 aliphatic heterocycles. The van der Waals surface area contributed by atoms with Gasteiger partial charge in [0.15, 0.2) is 18.1 Å². The Kier molecular flexibility index (Phi) is 8.50. The highest BCUT2D eigenvalue weighted by molar-refractivity contribution is 5.80. The zero-order chi connectivity index (χ0) is 26.4. The third kappa shape index (κ3) is 7.13. The number of hydrogen-bond acceptors (Lipinski definition) is 7. The number of nitrogens with zero attached hydrogens (tertiary/aromatic N) is 2. The molecule has 0 aromatic heterocycles. The number of benzene rings is 2. The molecule has 1 saturated heterocycles. The van der Waals surface area contributed by atoms with Gasteiger partial charge in [-0.2, -0.15) is 0 Å². The smallest absolute Gasteiger partial charge is 0.258 e. The van der Waals surface area contributed by atoms with E-state index in [0.29, 0.717) is 43.3 Å². The molecule has 2 aromatic carbocycles. The van der Waals surface area contributed by atoms with Crippen molar-refractivity contribution in [2.75, 3.05) is 47.4 Å². The molecule has 4 bridgehead atoms. The van der Waals surface area contributed by atoms with E-state index in [4.69, 9.17) is 14.2 Å². The van der Waals surface area contributed by atoms with Gasteiger partial charge >= 0.3 is 0 Å². The van der Waals surface area contributed by atoms with E-state index in [1.807, 2.05) is 55.4 Å². The first-order chi connectivity index (χ1) is 17.8. The molecule has 198 valence electrons. The van der Waals surface area contributed by atoms with Crippen LogP contribution in [0.4, 0.5) is 0 Å². The minimum atomic E-state index is -0.386. The van der Waals surface area contributed by atoms with Crippen LogP contribution in [0.3, 0.4) is 0 Å². The summed E-state index contributed by atoms with van der Waals surface area (Å²) >= 11 is 0. The molecule has 0 radical (unpaired) electrons. The molecule has 0 spiro atoms. The predicted octanol–water partition coefficient (Wildman–Crippen LogP) is 0.973. The third-order valence-electron chi connectivity index (χ3n) is 6.34. The summed E-state index contributed by atoms with van der Waals surface area (Å²) < 4.78 is 17.3. The van der Waals surface area contributed by atoms with Gasteiger partial charge in [0.05, 0.1) is 26.2 Å². The van der Waals surface area contributed by atoms with Crippen molar-refractivity contribution < 1.29 is 28.6 Å². The molecule has 37 heavy (non-hydrogen) atoms. The highest BCUT2D eigenvalue weighted by Crippen LogP contribution is 2.28. The minimum absolute atomic E-state index is 0.0126. The molecule has 3 amide bonds. The van der Waals surface area contributed by atoms with E-state index < -0.39 is 0 Å². The molecule has 0 aliphatic carbocycles. The maximum absolute atomic E-state index is 12.9. The quantitative estimate of drug-likeness (QED) is 0.634. The SMILES string of the molecule is COc1cc2ccc1OCC(=O)NCc1ccc(cc1)O[C@H]1CN(C(=O)CN(C)C)C[C@@H]1NC(=O)CC2. The fraction of sp³-hybridized carbons (Fsp3) is 0.444. The number of hydrogen-bond donors (Lipinski definition) is 2. The van der Waals surface area contributed by atoms with Crippen molar-refractivity contribution in [1.29, 1.82) is 0 Å². The summed E-state index contributed by atoms with van der Waals surface area (Å²) in [7, 11) is 5.23. The highest BCUT2D eigenvalue weighted by atomic mass is 16.5. The Bertz CT molecular complexity index is 1120. The van der Waals surface area contributed by atoms with Crippen molar-refractivity contribution in [1.82, 2.24) is 20.4 Å². The molecule has 2 N–H and O–H groups in total. The number of likely N-dealkylation sites (tertiary alicyclic amines) is 1. The van der Waals surface area contributed by atoms with Gasteiger partial charge in [0, 0.05) is 19.5 Å². The number of ether oxygens (including phenoxy) is 3. The van der Waals surface area contributed by atoms with Crippen molar-refractivity contribution in [3.63, 3.8) is 0 Å². The standard InChI is InChI=1S/C27H34N4O6/c1-30(2)16-27(34)31-14-21-24(15-31)37-20-8-4-19(5-9-20)13-28-26(33)17-36-22-10-6-18(12-23(22)35-3)7-11-25(32)29-21/h4-6,8-10,12,21,24H,7,11,13-17H2,1-3H3,(H,28,33)(H,29,32)/t21-,24-/m0/s1. The lowest BCUT2D eigenvalue weighted by Gasteiger charge is -2.21. The van der Waals surface area contributed by atoms with Gasteiger partial charge < -0.3 is 34.6 Å². The Morgan fingerprint density at radius 2 is 1.81 bits per heavy atom. The van der Waals surface area contributed by atoms with Crippen LogP contribution in [0.5, 0.6) is 17.2 Å². The first kappa shape index (κ1) is 26.3. The monoisotopic (exact) mass is 510 g/mol. The van der Waals surface area contributed by atoms with Crippen molar-refractivity contribution in [3.8, 4) is 17.2 Å². The van der Waals surface area contributed by atoms with Gasteiger partial charge in [-0.1, -0.05) is 18.2 Å². The summed E-state index contributed by atoms with van der Waals surface area (Å²) in [4.78, 5) is 41.5. The third-order valence-corrected chi connectivity index (χ3v) is 6.34. The average Bonchev–Trinajstić information content (AvgIpc) is 3.27. The first-order valence-corrected chi connectivity index (χ1v) is 12.3. The molecule has 5 heterocycles. The lowest BCUT2D eigenvalue weighted by Crippen LogP contribution is -2.45.